The zero-order valence-corrected chi connectivity index (χ0v) is 11.3. The topological polar surface area (TPSA) is 72.7 Å². The monoisotopic (exact) mass is 262 g/mol. The van der Waals surface area contributed by atoms with Crippen molar-refractivity contribution in [2.45, 2.75) is 39.8 Å². The Morgan fingerprint density at radius 2 is 1.84 bits per heavy atom. The number of H-pyrrole nitrogens is 1. The second kappa shape index (κ2) is 5.26. The maximum absolute atomic E-state index is 12.3. The first kappa shape index (κ1) is 13.3. The van der Waals surface area contributed by atoms with E-state index in [2.05, 4.69) is 16.5 Å². The van der Waals surface area contributed by atoms with Crippen molar-refractivity contribution < 1.29 is 0 Å². The van der Waals surface area contributed by atoms with E-state index in [9.17, 15) is 9.59 Å². The predicted molar refractivity (Wildman–Crippen MR) is 75.3 cm³/mol. The van der Waals surface area contributed by atoms with Crippen LogP contribution < -0.4 is 11.2 Å². The minimum atomic E-state index is -0.310. The summed E-state index contributed by atoms with van der Waals surface area (Å²) in [6.07, 6.45) is 3.06. The summed E-state index contributed by atoms with van der Waals surface area (Å²) in [6, 6.07) is 0. The van der Waals surface area contributed by atoms with Gasteiger partial charge in [0.2, 0.25) is 0 Å². The van der Waals surface area contributed by atoms with Crippen LogP contribution in [0.5, 0.6) is 0 Å². The molecule has 2 heterocycles. The van der Waals surface area contributed by atoms with E-state index >= 15 is 0 Å². The molecule has 0 aliphatic carbocycles. The average Bonchev–Trinajstić information content (AvgIpc) is 2.84. The number of rotatable bonds is 5. The molecule has 0 atom stereocenters. The zero-order chi connectivity index (χ0) is 14.0. The lowest BCUT2D eigenvalue weighted by molar-refractivity contribution is 0.555. The van der Waals surface area contributed by atoms with Gasteiger partial charge < -0.3 is 4.98 Å². The number of aromatic nitrogens is 4. The molecule has 2 aromatic heterocycles. The Balaban J connectivity index is 2.87. The molecule has 0 aliphatic rings. The van der Waals surface area contributed by atoms with Crippen LogP contribution in [-0.2, 0) is 13.1 Å². The number of nitrogens with zero attached hydrogens (tertiary/aromatic N) is 3. The molecule has 6 heteroatoms. The van der Waals surface area contributed by atoms with Crippen LogP contribution in [0.2, 0.25) is 0 Å². The van der Waals surface area contributed by atoms with Crippen LogP contribution in [0.4, 0.5) is 0 Å². The average molecular weight is 262 g/mol. The van der Waals surface area contributed by atoms with Crippen molar-refractivity contribution in [2.75, 3.05) is 0 Å². The lowest BCUT2D eigenvalue weighted by Crippen LogP contribution is -2.40. The summed E-state index contributed by atoms with van der Waals surface area (Å²) >= 11 is 0. The number of fused-ring (bicyclic) bond motifs is 1. The summed E-state index contributed by atoms with van der Waals surface area (Å²) in [5.74, 6) is 0.505. The Labute approximate surface area is 110 Å². The Morgan fingerprint density at radius 1 is 1.21 bits per heavy atom. The minimum Gasteiger partial charge on any atom is -0.333 e. The Kier molecular flexibility index (Phi) is 3.69. The van der Waals surface area contributed by atoms with Gasteiger partial charge in [0, 0.05) is 13.1 Å². The molecule has 0 spiro atoms. The summed E-state index contributed by atoms with van der Waals surface area (Å²) < 4.78 is 2.82. The van der Waals surface area contributed by atoms with Gasteiger partial charge in [-0.15, -0.1) is 0 Å². The molecule has 0 saturated heterocycles. The van der Waals surface area contributed by atoms with E-state index in [1.165, 1.54) is 10.6 Å². The highest BCUT2D eigenvalue weighted by molar-refractivity contribution is 5.71. The molecular formula is C13H18N4O2. The lowest BCUT2D eigenvalue weighted by atomic mass is 10.4. The van der Waals surface area contributed by atoms with Gasteiger partial charge in [-0.05, 0) is 18.9 Å². The molecule has 0 fully saturated rings. The first-order valence-corrected chi connectivity index (χ1v) is 6.49. The van der Waals surface area contributed by atoms with Crippen molar-refractivity contribution in [1.82, 2.24) is 19.1 Å². The Hall–Kier alpha value is -2.11. The maximum atomic E-state index is 12.3. The van der Waals surface area contributed by atoms with Crippen LogP contribution in [0.25, 0.3) is 17.2 Å². The molecule has 6 nitrogen and oxygen atoms in total. The van der Waals surface area contributed by atoms with E-state index in [1.54, 1.807) is 4.57 Å². The van der Waals surface area contributed by atoms with E-state index < -0.39 is 0 Å². The van der Waals surface area contributed by atoms with Crippen molar-refractivity contribution in [3.8, 4) is 0 Å². The van der Waals surface area contributed by atoms with Crippen molar-refractivity contribution in [1.29, 1.82) is 0 Å². The number of aryl methyl sites for hydroxylation is 1. The van der Waals surface area contributed by atoms with Crippen LogP contribution in [0, 0.1) is 0 Å². The van der Waals surface area contributed by atoms with Crippen LogP contribution >= 0.6 is 0 Å². The highest BCUT2D eigenvalue weighted by atomic mass is 16.2. The van der Waals surface area contributed by atoms with Gasteiger partial charge in [0.1, 0.15) is 11.3 Å². The van der Waals surface area contributed by atoms with Gasteiger partial charge in [-0.2, -0.15) is 0 Å². The van der Waals surface area contributed by atoms with Gasteiger partial charge in [-0.3, -0.25) is 13.9 Å². The fraction of sp³-hybridized carbons (Fsp3) is 0.462. The SMILES string of the molecule is C=Cc1nc2c([nH]1)c(=O)n(CCC)c(=O)n2CCC. The molecule has 2 aromatic rings. The van der Waals surface area contributed by atoms with Gasteiger partial charge >= 0.3 is 5.69 Å². The molecule has 102 valence electrons. The molecule has 0 amide bonds. The van der Waals surface area contributed by atoms with Crippen LogP contribution in [0.3, 0.4) is 0 Å². The van der Waals surface area contributed by atoms with E-state index in [0.29, 0.717) is 30.1 Å². The van der Waals surface area contributed by atoms with Gasteiger partial charge in [0.15, 0.2) is 5.65 Å². The van der Waals surface area contributed by atoms with Gasteiger partial charge in [0.05, 0.1) is 0 Å². The summed E-state index contributed by atoms with van der Waals surface area (Å²) in [4.78, 5) is 31.8. The van der Waals surface area contributed by atoms with Gasteiger partial charge in [-0.1, -0.05) is 20.4 Å². The van der Waals surface area contributed by atoms with Crippen LogP contribution in [0.15, 0.2) is 16.2 Å². The maximum Gasteiger partial charge on any atom is 0.332 e. The van der Waals surface area contributed by atoms with Crippen molar-refractivity contribution in [3.63, 3.8) is 0 Å². The molecule has 0 aliphatic heterocycles. The molecule has 1 N–H and O–H groups in total. The first-order valence-electron chi connectivity index (χ1n) is 6.49. The highest BCUT2D eigenvalue weighted by Crippen LogP contribution is 2.07. The zero-order valence-electron chi connectivity index (χ0n) is 11.3. The second-order valence-electron chi connectivity index (χ2n) is 4.42. The van der Waals surface area contributed by atoms with E-state index in [1.807, 2.05) is 13.8 Å². The van der Waals surface area contributed by atoms with E-state index in [4.69, 9.17) is 0 Å². The smallest absolute Gasteiger partial charge is 0.332 e. The van der Waals surface area contributed by atoms with Gasteiger partial charge in [0.25, 0.3) is 5.56 Å². The number of imidazole rings is 1. The van der Waals surface area contributed by atoms with Gasteiger partial charge in [-0.25, -0.2) is 9.78 Å². The summed E-state index contributed by atoms with van der Waals surface area (Å²) in [7, 11) is 0. The van der Waals surface area contributed by atoms with Crippen LogP contribution in [0.1, 0.15) is 32.5 Å². The third-order valence-electron chi connectivity index (χ3n) is 2.97. The molecule has 0 unspecified atom stereocenters. The van der Waals surface area contributed by atoms with Crippen molar-refractivity contribution in [3.05, 3.63) is 33.2 Å². The summed E-state index contributed by atoms with van der Waals surface area (Å²) in [6.45, 7) is 8.50. The standard InChI is InChI=1S/C13H18N4O2/c1-4-7-16-11-10(14-9(6-3)15-11)12(18)17(8-5-2)13(16)19/h6H,3-5,7-8H2,1-2H3,(H,14,15). The van der Waals surface area contributed by atoms with Crippen molar-refractivity contribution >= 4 is 17.2 Å². The number of hydrogen-bond donors (Lipinski definition) is 1. The molecule has 0 saturated carbocycles. The summed E-state index contributed by atoms with van der Waals surface area (Å²) in [5, 5.41) is 0. The Morgan fingerprint density at radius 3 is 2.42 bits per heavy atom. The lowest BCUT2D eigenvalue weighted by Gasteiger charge is -2.09. The summed E-state index contributed by atoms with van der Waals surface area (Å²) in [5.41, 5.74) is 0.189. The molecule has 0 bridgehead atoms. The Bertz CT molecular complexity index is 721. The second-order valence-corrected chi connectivity index (χ2v) is 4.42. The predicted octanol–water partition coefficient (Wildman–Crippen LogP) is 1.35. The minimum absolute atomic E-state index is 0.289. The number of hydrogen-bond acceptors (Lipinski definition) is 3. The normalized spacial score (nSPS) is 11.1. The fourth-order valence-electron chi connectivity index (χ4n) is 2.13. The third kappa shape index (κ3) is 2.14. The van der Waals surface area contributed by atoms with E-state index in [-0.39, 0.29) is 11.2 Å². The quantitative estimate of drug-likeness (QED) is 0.884. The first-order chi connectivity index (χ1) is 9.13. The molecule has 2 rings (SSSR count). The van der Waals surface area contributed by atoms with Crippen molar-refractivity contribution in [2.24, 2.45) is 0 Å². The largest absolute Gasteiger partial charge is 0.333 e. The molecular weight excluding hydrogens is 244 g/mol. The molecule has 19 heavy (non-hydrogen) atoms. The molecule has 0 aromatic carbocycles. The number of aromatic amines is 1. The third-order valence-corrected chi connectivity index (χ3v) is 2.97. The van der Waals surface area contributed by atoms with Crippen LogP contribution in [-0.4, -0.2) is 19.1 Å². The van der Waals surface area contributed by atoms with E-state index in [0.717, 1.165) is 12.8 Å². The highest BCUT2D eigenvalue weighted by Gasteiger charge is 2.15. The fourth-order valence-corrected chi connectivity index (χ4v) is 2.13. The number of nitrogens with one attached hydrogen (secondary N) is 1. The molecule has 0 radical (unpaired) electrons.